The zero-order chi connectivity index (χ0) is 12.0. The Balaban J connectivity index is 0.000000221. The van der Waals surface area contributed by atoms with Crippen molar-refractivity contribution in [2.24, 2.45) is 5.14 Å². The van der Waals surface area contributed by atoms with E-state index in [2.05, 4.69) is 20.0 Å². The molecule has 0 spiro atoms. The normalized spacial score (nSPS) is 15.5. The summed E-state index contributed by atoms with van der Waals surface area (Å²) in [6.45, 7) is 2.23. The van der Waals surface area contributed by atoms with Crippen LogP contribution in [0.4, 0.5) is 5.95 Å². The minimum absolute atomic E-state index is 0.880. The molecule has 16 heavy (non-hydrogen) atoms. The lowest BCUT2D eigenvalue weighted by Gasteiger charge is -2.13. The van der Waals surface area contributed by atoms with Crippen LogP contribution in [-0.4, -0.2) is 37.7 Å². The lowest BCUT2D eigenvalue weighted by molar-refractivity contribution is 0.603. The highest BCUT2D eigenvalue weighted by Crippen LogP contribution is 2.13. The molecule has 0 unspecified atom stereocenters. The van der Waals surface area contributed by atoms with Crippen LogP contribution in [0, 0.1) is 0 Å². The van der Waals surface area contributed by atoms with E-state index in [-0.39, 0.29) is 0 Å². The van der Waals surface area contributed by atoms with Gasteiger partial charge in [0.15, 0.2) is 0 Å². The molecule has 1 aromatic rings. The lowest BCUT2D eigenvalue weighted by Crippen LogP contribution is -2.19. The molecule has 2 heterocycles. The molecule has 0 amide bonds. The fraction of sp³-hybridized carbons (Fsp3) is 0.556. The summed E-state index contributed by atoms with van der Waals surface area (Å²) in [5, 5.41) is 4.33. The number of rotatable bonds is 1. The molecule has 0 radical (unpaired) electrons. The molecule has 90 valence electrons. The molecule has 0 atom stereocenters. The topological polar surface area (TPSA) is 89.2 Å². The number of aromatic nitrogens is 2. The van der Waals surface area contributed by atoms with Gasteiger partial charge in [0.2, 0.25) is 16.0 Å². The molecule has 6 nitrogen and oxygen atoms in total. The monoisotopic (exact) mass is 244 g/mol. The van der Waals surface area contributed by atoms with E-state index in [0.29, 0.717) is 0 Å². The summed E-state index contributed by atoms with van der Waals surface area (Å²) in [5.41, 5.74) is 0. The molecule has 0 bridgehead atoms. The third-order valence-electron chi connectivity index (χ3n) is 1.94. The summed E-state index contributed by atoms with van der Waals surface area (Å²) < 4.78 is 18.8. The predicted molar refractivity (Wildman–Crippen MR) is 62.5 cm³/mol. The lowest BCUT2D eigenvalue weighted by atomic mass is 10.4. The number of sulfonamides is 1. The maximum Gasteiger partial charge on any atom is 0.225 e. The number of hydrogen-bond acceptors (Lipinski definition) is 5. The largest absolute Gasteiger partial charge is 0.341 e. The summed E-state index contributed by atoms with van der Waals surface area (Å²) in [6, 6.07) is 1.85. The average molecular weight is 244 g/mol. The van der Waals surface area contributed by atoms with Crippen LogP contribution in [0.3, 0.4) is 0 Å². The van der Waals surface area contributed by atoms with E-state index in [1.807, 2.05) is 6.07 Å². The molecule has 2 rings (SSSR count). The predicted octanol–water partition coefficient (Wildman–Crippen LogP) is -0.0185. The number of nitrogens with zero attached hydrogens (tertiary/aromatic N) is 3. The van der Waals surface area contributed by atoms with E-state index in [0.717, 1.165) is 25.3 Å². The van der Waals surface area contributed by atoms with Crippen LogP contribution in [0.2, 0.25) is 0 Å². The molecule has 1 saturated heterocycles. The summed E-state index contributed by atoms with van der Waals surface area (Å²) >= 11 is 0. The maximum atomic E-state index is 9.41. The van der Waals surface area contributed by atoms with Gasteiger partial charge in [-0.2, -0.15) is 0 Å². The van der Waals surface area contributed by atoms with Gasteiger partial charge in [-0.3, -0.25) is 0 Å². The quantitative estimate of drug-likeness (QED) is 0.750. The van der Waals surface area contributed by atoms with Gasteiger partial charge in [-0.05, 0) is 18.9 Å². The third kappa shape index (κ3) is 5.62. The van der Waals surface area contributed by atoms with E-state index < -0.39 is 10.0 Å². The molecule has 1 fully saturated rings. The second-order valence-electron chi connectivity index (χ2n) is 3.57. The Morgan fingerprint density at radius 1 is 1.25 bits per heavy atom. The zero-order valence-corrected chi connectivity index (χ0v) is 10.0. The van der Waals surface area contributed by atoms with E-state index in [1.54, 1.807) is 12.4 Å². The summed E-state index contributed by atoms with van der Waals surface area (Å²) in [5.74, 6) is 0.880. The van der Waals surface area contributed by atoms with Gasteiger partial charge in [-0.15, -0.1) is 0 Å². The van der Waals surface area contributed by atoms with Crippen LogP contribution in [-0.2, 0) is 10.0 Å². The number of primary sulfonamides is 1. The van der Waals surface area contributed by atoms with Gasteiger partial charge in [-0.1, -0.05) is 0 Å². The molecule has 1 aliphatic rings. The number of hydrogen-bond donors (Lipinski definition) is 1. The Hall–Kier alpha value is -1.21. The molecule has 0 saturated carbocycles. The van der Waals surface area contributed by atoms with Crippen LogP contribution in [0.25, 0.3) is 0 Å². The molecule has 0 aliphatic carbocycles. The Morgan fingerprint density at radius 2 is 1.69 bits per heavy atom. The maximum absolute atomic E-state index is 9.41. The van der Waals surface area contributed by atoms with Gasteiger partial charge in [0.25, 0.3) is 0 Å². The van der Waals surface area contributed by atoms with Crippen molar-refractivity contribution in [1.29, 1.82) is 0 Å². The van der Waals surface area contributed by atoms with E-state index in [9.17, 15) is 8.42 Å². The first-order valence-electron chi connectivity index (χ1n) is 4.96. The highest BCUT2D eigenvalue weighted by Gasteiger charge is 2.13. The summed E-state index contributed by atoms with van der Waals surface area (Å²) in [6.07, 6.45) is 7.07. The molecule has 1 aliphatic heterocycles. The molecular formula is C9H16N4O2S. The van der Waals surface area contributed by atoms with Gasteiger partial charge < -0.3 is 4.90 Å². The van der Waals surface area contributed by atoms with E-state index in [1.165, 1.54) is 12.8 Å². The van der Waals surface area contributed by atoms with E-state index in [4.69, 9.17) is 0 Å². The van der Waals surface area contributed by atoms with Crippen molar-refractivity contribution < 1.29 is 8.42 Å². The molecular weight excluding hydrogens is 228 g/mol. The van der Waals surface area contributed by atoms with Crippen LogP contribution < -0.4 is 10.0 Å². The molecule has 7 heteroatoms. The van der Waals surface area contributed by atoms with Gasteiger partial charge >= 0.3 is 0 Å². The van der Waals surface area contributed by atoms with Crippen molar-refractivity contribution in [2.75, 3.05) is 24.2 Å². The summed E-state index contributed by atoms with van der Waals surface area (Å²) in [7, 11) is -3.17. The Morgan fingerprint density at radius 3 is 2.12 bits per heavy atom. The second-order valence-corrected chi connectivity index (χ2v) is 5.23. The van der Waals surface area contributed by atoms with E-state index >= 15 is 0 Å². The SMILES string of the molecule is CS(N)(=O)=O.c1cnc(N2CCCC2)nc1. The van der Waals surface area contributed by atoms with Crippen molar-refractivity contribution in [3.05, 3.63) is 18.5 Å². The standard InChI is InChI=1S/C8H11N3.CH5NO2S/c1-2-7-11(6-1)8-9-4-3-5-10-8;1-5(2,3)4/h3-5H,1-2,6-7H2;1H3,(H2,2,3,4). The third-order valence-corrected chi connectivity index (χ3v) is 1.94. The Kier molecular flexibility index (Phi) is 4.63. The average Bonchev–Trinajstić information content (AvgIpc) is 2.69. The first-order chi connectivity index (χ1) is 7.47. The van der Waals surface area contributed by atoms with Crippen LogP contribution >= 0.6 is 0 Å². The Labute approximate surface area is 95.6 Å². The fourth-order valence-electron chi connectivity index (χ4n) is 1.37. The minimum atomic E-state index is -3.17. The van der Waals surface area contributed by atoms with Crippen LogP contribution in [0.1, 0.15) is 12.8 Å². The molecule has 2 N–H and O–H groups in total. The number of anilines is 1. The zero-order valence-electron chi connectivity index (χ0n) is 9.20. The minimum Gasteiger partial charge on any atom is -0.341 e. The number of nitrogens with two attached hydrogens (primary N) is 1. The Bertz CT molecular complexity index is 393. The van der Waals surface area contributed by atoms with Gasteiger partial charge in [0.05, 0.1) is 6.26 Å². The van der Waals surface area contributed by atoms with Crippen molar-refractivity contribution in [3.8, 4) is 0 Å². The van der Waals surface area contributed by atoms with Crippen molar-refractivity contribution in [1.82, 2.24) is 9.97 Å². The molecule has 0 aromatic carbocycles. The fourth-order valence-corrected chi connectivity index (χ4v) is 1.37. The van der Waals surface area contributed by atoms with Crippen molar-refractivity contribution in [2.45, 2.75) is 12.8 Å². The molecule has 1 aromatic heterocycles. The first kappa shape index (κ1) is 12.9. The second kappa shape index (κ2) is 5.76. The highest BCUT2D eigenvalue weighted by molar-refractivity contribution is 7.88. The highest BCUT2D eigenvalue weighted by atomic mass is 32.2. The van der Waals surface area contributed by atoms with Crippen molar-refractivity contribution in [3.63, 3.8) is 0 Å². The van der Waals surface area contributed by atoms with Gasteiger partial charge in [-0.25, -0.2) is 23.5 Å². The van der Waals surface area contributed by atoms with Gasteiger partial charge in [0, 0.05) is 25.5 Å². The smallest absolute Gasteiger partial charge is 0.225 e. The van der Waals surface area contributed by atoms with Crippen LogP contribution in [0.15, 0.2) is 18.5 Å². The summed E-state index contributed by atoms with van der Waals surface area (Å²) in [4.78, 5) is 10.6. The van der Waals surface area contributed by atoms with Crippen molar-refractivity contribution >= 4 is 16.0 Å². The van der Waals surface area contributed by atoms with Gasteiger partial charge in [0.1, 0.15) is 0 Å². The first-order valence-corrected chi connectivity index (χ1v) is 6.92. The van der Waals surface area contributed by atoms with Crippen LogP contribution in [0.5, 0.6) is 0 Å².